The molecule has 0 bridgehead atoms. The minimum absolute atomic E-state index is 0.256. The Morgan fingerprint density at radius 2 is 2.00 bits per heavy atom. The van der Waals surface area contributed by atoms with Crippen LogP contribution in [0.2, 0.25) is 0 Å². The molecule has 6 nitrogen and oxygen atoms in total. The number of aryl methyl sites for hydroxylation is 1. The van der Waals surface area contributed by atoms with Gasteiger partial charge < -0.3 is 14.0 Å². The Balaban J connectivity index is 1.32. The van der Waals surface area contributed by atoms with Crippen LogP contribution in [0.3, 0.4) is 0 Å². The molecule has 1 unspecified atom stereocenters. The van der Waals surface area contributed by atoms with Gasteiger partial charge in [0.25, 0.3) is 5.91 Å². The van der Waals surface area contributed by atoms with Crippen LogP contribution in [0.1, 0.15) is 58.8 Å². The van der Waals surface area contributed by atoms with Crippen molar-refractivity contribution in [2.45, 2.75) is 49.6 Å². The number of ether oxygens (including phenoxy) is 1. The first-order valence-electron chi connectivity index (χ1n) is 12.9. The molecule has 0 N–H and O–H groups in total. The molecule has 2 aromatic heterocycles. The molecule has 4 heterocycles. The number of pyridine rings is 1. The first kappa shape index (κ1) is 21.5. The molecule has 180 valence electrons. The minimum Gasteiger partial charge on any atom is -0.488 e. The summed E-state index contributed by atoms with van der Waals surface area (Å²) in [6.45, 7) is -1.32. The van der Waals surface area contributed by atoms with E-state index in [0.29, 0.717) is 22.6 Å². The highest BCUT2D eigenvalue weighted by Crippen LogP contribution is 2.48. The summed E-state index contributed by atoms with van der Waals surface area (Å²) in [6.07, 6.45) is 8.10. The van der Waals surface area contributed by atoms with E-state index in [4.69, 9.17) is 12.6 Å². The van der Waals surface area contributed by atoms with Crippen LogP contribution >= 0.6 is 0 Å². The average Bonchev–Trinajstić information content (AvgIpc) is 3.83. The number of benzene rings is 2. The van der Waals surface area contributed by atoms with Gasteiger partial charge in [0.1, 0.15) is 19.1 Å². The van der Waals surface area contributed by atoms with Crippen molar-refractivity contribution in [3.8, 4) is 16.9 Å². The van der Waals surface area contributed by atoms with Gasteiger partial charge in [0, 0.05) is 31.4 Å². The second-order valence-electron chi connectivity index (χ2n) is 10.9. The lowest BCUT2D eigenvalue weighted by atomic mass is 9.37. The maximum atomic E-state index is 16.7. The number of rotatable bonds is 4. The Hall–Kier alpha value is -3.61. The lowest BCUT2D eigenvalue weighted by molar-refractivity contribution is 0.0716. The van der Waals surface area contributed by atoms with Crippen LogP contribution < -0.4 is 10.2 Å². The predicted molar refractivity (Wildman–Crippen MR) is 140 cm³/mol. The van der Waals surface area contributed by atoms with Crippen molar-refractivity contribution in [3.63, 3.8) is 0 Å². The van der Waals surface area contributed by atoms with Gasteiger partial charge in [-0.3, -0.25) is 14.5 Å². The smallest absolute Gasteiger partial charge is 0.403 e. The summed E-state index contributed by atoms with van der Waals surface area (Å²) in [5.74, 6) is 0.897. The normalized spacial score (nSPS) is 22.3. The summed E-state index contributed by atoms with van der Waals surface area (Å²) in [6, 6.07) is 11.5. The van der Waals surface area contributed by atoms with Crippen molar-refractivity contribution < 1.29 is 13.8 Å². The van der Waals surface area contributed by atoms with E-state index in [0.717, 1.165) is 64.6 Å². The van der Waals surface area contributed by atoms with Gasteiger partial charge >= 0.3 is 6.99 Å². The molecule has 2 radical (unpaired) electrons. The number of amides is 1. The molecule has 1 atom stereocenters. The van der Waals surface area contributed by atoms with Crippen LogP contribution in [0, 0.1) is 0 Å². The number of nitrogens with zero attached hydrogens (tertiary/aromatic N) is 4. The summed E-state index contributed by atoms with van der Waals surface area (Å²) < 4.78 is 24.6. The quantitative estimate of drug-likeness (QED) is 0.411. The molecule has 0 spiro atoms. The van der Waals surface area contributed by atoms with Gasteiger partial charge in [0.05, 0.1) is 22.7 Å². The topological polar surface area (TPSA) is 60.2 Å². The second-order valence-corrected chi connectivity index (χ2v) is 10.9. The van der Waals surface area contributed by atoms with E-state index < -0.39 is 12.3 Å². The van der Waals surface area contributed by atoms with Crippen molar-refractivity contribution in [1.82, 2.24) is 19.7 Å². The van der Waals surface area contributed by atoms with Gasteiger partial charge in [0.2, 0.25) is 0 Å². The molecule has 2 aromatic carbocycles. The highest BCUT2D eigenvalue weighted by Gasteiger charge is 2.58. The zero-order valence-electron chi connectivity index (χ0n) is 20.4. The van der Waals surface area contributed by atoms with Crippen molar-refractivity contribution in [2.75, 3.05) is 0 Å². The molecule has 9 heteroatoms. The number of aromatic nitrogens is 3. The Morgan fingerprint density at radius 1 is 1.16 bits per heavy atom. The minimum atomic E-state index is -1.62. The third kappa shape index (κ3) is 2.97. The van der Waals surface area contributed by atoms with Crippen molar-refractivity contribution in [1.29, 1.82) is 0 Å². The first-order valence-corrected chi connectivity index (χ1v) is 12.9. The van der Waals surface area contributed by atoms with Gasteiger partial charge in [-0.05, 0) is 83.6 Å². The van der Waals surface area contributed by atoms with Crippen LogP contribution in [0.25, 0.3) is 22.0 Å². The SMILES string of the molecule is [B]C12B(F)c3cc(-c4ccc(OC5CC5)c5nn(C)cc45)cc(C4CC4)c3CN1C(=O)c1cccnc12. The Bertz CT molecular complexity index is 1650. The van der Waals surface area contributed by atoms with E-state index in [-0.39, 0.29) is 18.6 Å². The lowest BCUT2D eigenvalue weighted by Crippen LogP contribution is -2.62. The van der Waals surface area contributed by atoms with E-state index >= 15 is 4.32 Å². The number of hydrogen-bond acceptors (Lipinski definition) is 4. The van der Waals surface area contributed by atoms with Gasteiger partial charge in [-0.2, -0.15) is 5.10 Å². The summed E-state index contributed by atoms with van der Waals surface area (Å²) in [7, 11) is 8.66. The molecular formula is C28H23B2FN4O2. The monoisotopic (exact) mass is 488 g/mol. The van der Waals surface area contributed by atoms with Crippen molar-refractivity contribution >= 4 is 37.1 Å². The zero-order chi connectivity index (χ0) is 25.1. The van der Waals surface area contributed by atoms with Crippen LogP contribution in [0.15, 0.2) is 48.8 Å². The average molecular weight is 488 g/mol. The van der Waals surface area contributed by atoms with Crippen LogP contribution in [-0.2, 0) is 18.9 Å². The predicted octanol–water partition coefficient (Wildman–Crippen LogP) is 3.75. The molecule has 2 fully saturated rings. The Morgan fingerprint density at radius 3 is 2.78 bits per heavy atom. The molecule has 1 amide bonds. The molecule has 4 aromatic rings. The zero-order valence-corrected chi connectivity index (χ0v) is 20.4. The molecule has 4 aliphatic rings. The van der Waals surface area contributed by atoms with Gasteiger partial charge in [0.15, 0.2) is 0 Å². The van der Waals surface area contributed by atoms with E-state index in [1.165, 1.54) is 4.90 Å². The molecule has 0 saturated heterocycles. The number of carbonyl (C=O) groups excluding carboxylic acids is 1. The highest BCUT2D eigenvalue weighted by molar-refractivity contribution is 6.77. The van der Waals surface area contributed by atoms with Gasteiger partial charge in [-0.15, -0.1) is 0 Å². The van der Waals surface area contributed by atoms with Crippen LogP contribution in [0.5, 0.6) is 5.75 Å². The third-order valence-electron chi connectivity index (χ3n) is 8.30. The second kappa shape index (κ2) is 7.24. The Kier molecular flexibility index (Phi) is 4.20. The van der Waals surface area contributed by atoms with Crippen LogP contribution in [-0.4, -0.2) is 46.5 Å². The van der Waals surface area contributed by atoms with E-state index in [1.807, 2.05) is 25.4 Å². The number of fused-ring (bicyclic) bond motifs is 5. The van der Waals surface area contributed by atoms with Crippen molar-refractivity contribution in [2.24, 2.45) is 7.05 Å². The van der Waals surface area contributed by atoms with E-state index in [9.17, 15) is 4.79 Å². The summed E-state index contributed by atoms with van der Waals surface area (Å²) >= 11 is 0. The van der Waals surface area contributed by atoms with Crippen molar-refractivity contribution in [3.05, 3.63) is 71.2 Å². The fourth-order valence-electron chi connectivity index (χ4n) is 6.14. The molecule has 8 rings (SSSR count). The molecular weight excluding hydrogens is 465 g/mol. The summed E-state index contributed by atoms with van der Waals surface area (Å²) in [4.78, 5) is 19.1. The van der Waals surface area contributed by atoms with E-state index in [1.54, 1.807) is 23.0 Å². The largest absolute Gasteiger partial charge is 0.488 e. The highest BCUT2D eigenvalue weighted by atomic mass is 19.1. The standard InChI is InChI=1S/C28H23B2FN4O2/c1-34-13-22-18(8-9-24(25(22)33-34)37-17-6-7-17)16-11-20(15-4-5-15)21-14-35-27(36)19-3-2-10-32-26(19)28(35,29)30(31)23(21)12-16/h2-3,8-13,15,17H,4-7,14H2,1H3. The van der Waals surface area contributed by atoms with Gasteiger partial charge in [-0.25, -0.2) is 0 Å². The molecule has 2 saturated carbocycles. The maximum Gasteiger partial charge on any atom is 0.403 e. The summed E-state index contributed by atoms with van der Waals surface area (Å²) in [5, 5.41) is 4.04. The first-order chi connectivity index (χ1) is 17.9. The fourth-order valence-corrected chi connectivity index (χ4v) is 6.14. The summed E-state index contributed by atoms with van der Waals surface area (Å²) in [5.41, 5.74) is 5.99. The maximum absolute atomic E-state index is 16.7. The molecule has 37 heavy (non-hydrogen) atoms. The third-order valence-corrected chi connectivity index (χ3v) is 8.30. The number of carbonyl (C=O) groups is 1. The number of hydrogen-bond donors (Lipinski definition) is 0. The van der Waals surface area contributed by atoms with Crippen LogP contribution in [0.4, 0.5) is 4.32 Å². The Labute approximate surface area is 215 Å². The fraction of sp³-hybridized carbons (Fsp3) is 0.321. The molecule has 2 aliphatic carbocycles. The number of halogens is 1. The van der Waals surface area contributed by atoms with Gasteiger partial charge in [-0.1, -0.05) is 12.1 Å². The van der Waals surface area contributed by atoms with E-state index in [2.05, 4.69) is 22.2 Å². The molecule has 2 aliphatic heterocycles. The lowest BCUT2D eigenvalue weighted by Gasteiger charge is -2.42.